The summed E-state index contributed by atoms with van der Waals surface area (Å²) in [6.07, 6.45) is 0. The van der Waals surface area contributed by atoms with Gasteiger partial charge in [0.15, 0.2) is 5.13 Å². The number of hydrogen-bond acceptors (Lipinski definition) is 6. The Hall–Kier alpha value is -2.71. The quantitative estimate of drug-likeness (QED) is 0.576. The maximum Gasteiger partial charge on any atom is 0.342 e. The fraction of sp³-hybridized carbons (Fsp3) is 0.105. The van der Waals surface area contributed by atoms with Gasteiger partial charge < -0.3 is 9.84 Å². The van der Waals surface area contributed by atoms with Crippen LogP contribution >= 0.6 is 27.3 Å². The molecule has 1 amide bonds. The number of carbonyl (C=O) groups is 2. The Morgan fingerprint density at radius 3 is 2.67 bits per heavy atom. The van der Waals surface area contributed by atoms with Crippen molar-refractivity contribution in [3.63, 3.8) is 0 Å². The number of thiazole rings is 1. The molecule has 0 aliphatic heterocycles. The van der Waals surface area contributed by atoms with Gasteiger partial charge in [-0.15, -0.1) is 11.3 Å². The highest BCUT2D eigenvalue weighted by Crippen LogP contribution is 2.29. The van der Waals surface area contributed by atoms with E-state index in [1.165, 1.54) is 35.3 Å². The van der Waals surface area contributed by atoms with E-state index in [-0.39, 0.29) is 23.8 Å². The molecule has 1 aromatic heterocycles. The van der Waals surface area contributed by atoms with Crippen LogP contribution in [-0.2, 0) is 16.1 Å². The first-order valence-corrected chi connectivity index (χ1v) is 9.59. The van der Waals surface area contributed by atoms with Crippen molar-refractivity contribution in [1.82, 2.24) is 4.98 Å². The first-order valence-electron chi connectivity index (χ1n) is 7.91. The molecular formula is C19H15BrN2O4S. The van der Waals surface area contributed by atoms with Gasteiger partial charge in [0.05, 0.1) is 11.4 Å². The minimum Gasteiger partial charge on any atom is -0.507 e. The van der Waals surface area contributed by atoms with Gasteiger partial charge >= 0.3 is 5.97 Å². The SMILES string of the molecule is CC(=O)N(c1ccccc1)c1nc(COC(=O)c2cc(Br)ccc2O)cs1. The summed E-state index contributed by atoms with van der Waals surface area (Å²) in [5, 5.41) is 12.0. The number of phenols is 1. The second-order valence-corrected chi connectivity index (χ2v) is 7.30. The molecule has 0 saturated heterocycles. The monoisotopic (exact) mass is 446 g/mol. The summed E-state index contributed by atoms with van der Waals surface area (Å²) in [6, 6.07) is 13.7. The van der Waals surface area contributed by atoms with Crippen LogP contribution in [-0.4, -0.2) is 22.0 Å². The number of halogens is 1. The number of phenolic OH excluding ortho intramolecular Hbond substituents is 1. The van der Waals surface area contributed by atoms with Gasteiger partial charge in [-0.1, -0.05) is 34.1 Å². The van der Waals surface area contributed by atoms with Crippen molar-refractivity contribution in [2.75, 3.05) is 4.90 Å². The molecule has 6 nitrogen and oxygen atoms in total. The van der Waals surface area contributed by atoms with Crippen LogP contribution in [0.2, 0.25) is 0 Å². The van der Waals surface area contributed by atoms with Crippen LogP contribution in [0.1, 0.15) is 23.0 Å². The lowest BCUT2D eigenvalue weighted by Gasteiger charge is -2.17. The predicted molar refractivity (Wildman–Crippen MR) is 106 cm³/mol. The van der Waals surface area contributed by atoms with Gasteiger partial charge in [0, 0.05) is 16.8 Å². The van der Waals surface area contributed by atoms with Crippen LogP contribution in [0.5, 0.6) is 5.75 Å². The zero-order chi connectivity index (χ0) is 19.4. The van der Waals surface area contributed by atoms with E-state index >= 15 is 0 Å². The molecule has 0 fully saturated rings. The van der Waals surface area contributed by atoms with E-state index in [0.29, 0.717) is 21.0 Å². The lowest BCUT2D eigenvalue weighted by Crippen LogP contribution is -2.22. The fourth-order valence-corrected chi connectivity index (χ4v) is 3.59. The minimum absolute atomic E-state index is 0.0643. The standard InChI is InChI=1S/C19H15BrN2O4S/c1-12(23)22(15-5-3-2-4-6-15)19-21-14(11-27-19)10-26-18(25)16-9-13(20)7-8-17(16)24/h2-9,11,24H,10H2,1H3. The average Bonchev–Trinajstić information content (AvgIpc) is 3.11. The Kier molecular flexibility index (Phi) is 5.88. The Labute approximate surface area is 168 Å². The molecule has 27 heavy (non-hydrogen) atoms. The summed E-state index contributed by atoms with van der Waals surface area (Å²) in [7, 11) is 0. The van der Waals surface area contributed by atoms with Gasteiger partial charge in [-0.25, -0.2) is 9.78 Å². The zero-order valence-electron chi connectivity index (χ0n) is 14.3. The maximum atomic E-state index is 12.2. The molecule has 0 radical (unpaired) electrons. The van der Waals surface area contributed by atoms with Crippen molar-refractivity contribution in [2.24, 2.45) is 0 Å². The van der Waals surface area contributed by atoms with Crippen molar-refractivity contribution >= 4 is 50.0 Å². The Balaban J connectivity index is 1.73. The number of nitrogens with zero attached hydrogens (tertiary/aromatic N) is 2. The number of esters is 1. The molecule has 0 bridgehead atoms. The van der Waals surface area contributed by atoms with Crippen LogP contribution in [0.3, 0.4) is 0 Å². The largest absolute Gasteiger partial charge is 0.507 e. The minimum atomic E-state index is -0.658. The highest BCUT2D eigenvalue weighted by molar-refractivity contribution is 9.10. The van der Waals surface area contributed by atoms with Crippen molar-refractivity contribution in [1.29, 1.82) is 0 Å². The molecule has 138 valence electrons. The zero-order valence-corrected chi connectivity index (χ0v) is 16.7. The van der Waals surface area contributed by atoms with Crippen molar-refractivity contribution in [2.45, 2.75) is 13.5 Å². The van der Waals surface area contributed by atoms with Gasteiger partial charge in [-0.3, -0.25) is 9.69 Å². The highest BCUT2D eigenvalue weighted by Gasteiger charge is 2.19. The average molecular weight is 447 g/mol. The van der Waals surface area contributed by atoms with E-state index in [1.807, 2.05) is 30.3 Å². The second kappa shape index (κ2) is 8.32. The van der Waals surface area contributed by atoms with Crippen LogP contribution in [0.15, 0.2) is 58.4 Å². The normalized spacial score (nSPS) is 10.4. The van der Waals surface area contributed by atoms with E-state index in [1.54, 1.807) is 11.4 Å². The van der Waals surface area contributed by atoms with Crippen LogP contribution in [0.4, 0.5) is 10.8 Å². The van der Waals surface area contributed by atoms with E-state index in [4.69, 9.17) is 4.74 Å². The van der Waals surface area contributed by atoms with E-state index < -0.39 is 5.97 Å². The fourth-order valence-electron chi connectivity index (χ4n) is 2.36. The van der Waals surface area contributed by atoms with Crippen LogP contribution in [0, 0.1) is 0 Å². The van der Waals surface area contributed by atoms with Gasteiger partial charge in [0.1, 0.15) is 17.9 Å². The number of rotatable bonds is 5. The summed E-state index contributed by atoms with van der Waals surface area (Å²) < 4.78 is 5.89. The molecule has 0 saturated carbocycles. The van der Waals surface area contributed by atoms with Crippen molar-refractivity contribution in [3.8, 4) is 5.75 Å². The molecule has 2 aromatic carbocycles. The maximum absolute atomic E-state index is 12.2. The molecule has 3 aromatic rings. The Bertz CT molecular complexity index is 975. The molecule has 0 unspecified atom stereocenters. The van der Waals surface area contributed by atoms with Gasteiger partial charge in [-0.2, -0.15) is 0 Å². The summed E-state index contributed by atoms with van der Waals surface area (Å²) in [5.74, 6) is -0.984. The first-order chi connectivity index (χ1) is 13.0. The molecule has 1 N–H and O–H groups in total. The number of aromatic hydroxyl groups is 1. The number of benzene rings is 2. The molecule has 0 spiro atoms. The lowest BCUT2D eigenvalue weighted by molar-refractivity contribution is -0.115. The predicted octanol–water partition coefficient (Wildman–Crippen LogP) is 4.65. The topological polar surface area (TPSA) is 79.7 Å². The highest BCUT2D eigenvalue weighted by atomic mass is 79.9. The molecule has 8 heteroatoms. The van der Waals surface area contributed by atoms with E-state index in [0.717, 1.165) is 0 Å². The van der Waals surface area contributed by atoms with Crippen LogP contribution in [0.25, 0.3) is 0 Å². The molecule has 0 aliphatic rings. The third-order valence-corrected chi connectivity index (χ3v) is 4.96. The smallest absolute Gasteiger partial charge is 0.342 e. The lowest BCUT2D eigenvalue weighted by atomic mass is 10.2. The number of anilines is 2. The number of aromatic nitrogens is 1. The second-order valence-electron chi connectivity index (χ2n) is 5.55. The van der Waals surface area contributed by atoms with Gasteiger partial charge in [0.2, 0.25) is 5.91 Å². The Morgan fingerprint density at radius 1 is 1.22 bits per heavy atom. The third kappa shape index (κ3) is 4.53. The number of carbonyl (C=O) groups excluding carboxylic acids is 2. The van der Waals surface area contributed by atoms with Gasteiger partial charge in [-0.05, 0) is 30.3 Å². The van der Waals surface area contributed by atoms with Gasteiger partial charge in [0.25, 0.3) is 0 Å². The van der Waals surface area contributed by atoms with Crippen molar-refractivity contribution in [3.05, 3.63) is 69.6 Å². The molecule has 0 aliphatic carbocycles. The summed E-state index contributed by atoms with van der Waals surface area (Å²) in [5.41, 5.74) is 1.29. The number of ether oxygens (including phenoxy) is 1. The van der Waals surface area contributed by atoms with Crippen LogP contribution < -0.4 is 4.90 Å². The number of amides is 1. The first kappa shape index (κ1) is 19.1. The summed E-state index contributed by atoms with van der Waals surface area (Å²) >= 11 is 4.53. The summed E-state index contributed by atoms with van der Waals surface area (Å²) in [4.78, 5) is 30.1. The molecular weight excluding hydrogens is 432 g/mol. The van der Waals surface area contributed by atoms with E-state index in [9.17, 15) is 14.7 Å². The van der Waals surface area contributed by atoms with E-state index in [2.05, 4.69) is 20.9 Å². The Morgan fingerprint density at radius 2 is 1.96 bits per heavy atom. The van der Waals surface area contributed by atoms with Crippen molar-refractivity contribution < 1.29 is 19.4 Å². The summed E-state index contributed by atoms with van der Waals surface area (Å²) in [6.45, 7) is 1.39. The molecule has 3 rings (SSSR count). The molecule has 1 heterocycles. The third-order valence-electron chi connectivity index (χ3n) is 3.59. The number of hydrogen-bond donors (Lipinski definition) is 1. The number of para-hydroxylation sites is 1. The molecule has 0 atom stereocenters.